The molecule has 3 aromatic carbocycles. The summed E-state index contributed by atoms with van der Waals surface area (Å²) in [6, 6.07) is 21.7. The molecule has 0 bridgehead atoms. The summed E-state index contributed by atoms with van der Waals surface area (Å²) < 4.78 is 0. The van der Waals surface area contributed by atoms with Crippen LogP contribution in [0, 0.1) is 10.3 Å². The summed E-state index contributed by atoms with van der Waals surface area (Å²) in [6.07, 6.45) is 0. The second-order valence-corrected chi connectivity index (χ2v) is 6.80. The van der Waals surface area contributed by atoms with Crippen molar-refractivity contribution in [2.45, 2.75) is 12.5 Å². The predicted molar refractivity (Wildman–Crippen MR) is 119 cm³/mol. The SMILES string of the molecule is N=C(N)c1ccc(NC(=O)C(C(=O)NCc2cccc(N=O)c2)c2ccccc2)cc1. The van der Waals surface area contributed by atoms with E-state index in [0.717, 1.165) is 0 Å². The largest absolute Gasteiger partial charge is 0.384 e. The summed E-state index contributed by atoms with van der Waals surface area (Å²) in [5, 5.41) is 15.8. The van der Waals surface area contributed by atoms with Gasteiger partial charge in [0.15, 0.2) is 0 Å². The molecule has 0 heterocycles. The summed E-state index contributed by atoms with van der Waals surface area (Å²) in [5.41, 5.74) is 7.96. The van der Waals surface area contributed by atoms with Crippen LogP contribution in [0.4, 0.5) is 11.4 Å². The molecule has 8 heteroatoms. The predicted octanol–water partition coefficient (Wildman–Crippen LogP) is 3.41. The molecule has 1 atom stereocenters. The summed E-state index contributed by atoms with van der Waals surface area (Å²) in [5.74, 6) is -2.13. The first-order valence-corrected chi connectivity index (χ1v) is 9.48. The molecule has 0 aliphatic carbocycles. The van der Waals surface area contributed by atoms with E-state index in [1.165, 1.54) is 0 Å². The van der Waals surface area contributed by atoms with Gasteiger partial charge in [-0.15, -0.1) is 4.91 Å². The monoisotopic (exact) mass is 415 g/mol. The maximum absolute atomic E-state index is 13.0. The zero-order valence-electron chi connectivity index (χ0n) is 16.5. The van der Waals surface area contributed by atoms with Crippen LogP contribution in [0.5, 0.6) is 0 Å². The quantitative estimate of drug-likeness (QED) is 0.194. The Morgan fingerprint density at radius 3 is 2.29 bits per heavy atom. The number of nitrogens with one attached hydrogen (secondary N) is 3. The summed E-state index contributed by atoms with van der Waals surface area (Å²) in [7, 11) is 0. The van der Waals surface area contributed by atoms with Crippen LogP contribution in [0.3, 0.4) is 0 Å². The van der Waals surface area contributed by atoms with Gasteiger partial charge in [0.2, 0.25) is 11.8 Å². The molecule has 0 spiro atoms. The Balaban J connectivity index is 1.77. The number of nitrogen functional groups attached to an aromatic ring is 1. The van der Waals surface area contributed by atoms with E-state index in [4.69, 9.17) is 11.1 Å². The molecular weight excluding hydrogens is 394 g/mol. The Kier molecular flexibility index (Phi) is 6.85. The molecule has 2 amide bonds. The topological polar surface area (TPSA) is 138 Å². The molecule has 0 saturated carbocycles. The molecule has 0 aliphatic heterocycles. The van der Waals surface area contributed by atoms with Gasteiger partial charge in [-0.3, -0.25) is 15.0 Å². The van der Waals surface area contributed by atoms with E-state index in [1.807, 2.05) is 0 Å². The average molecular weight is 415 g/mol. The van der Waals surface area contributed by atoms with E-state index in [-0.39, 0.29) is 18.1 Å². The number of hydrogen-bond donors (Lipinski definition) is 4. The number of amides is 2. The second kappa shape index (κ2) is 9.93. The fourth-order valence-electron chi connectivity index (χ4n) is 3.03. The lowest BCUT2D eigenvalue weighted by atomic mass is 9.97. The van der Waals surface area contributed by atoms with Gasteiger partial charge >= 0.3 is 0 Å². The van der Waals surface area contributed by atoms with Gasteiger partial charge < -0.3 is 16.4 Å². The minimum Gasteiger partial charge on any atom is -0.384 e. The molecule has 3 aromatic rings. The van der Waals surface area contributed by atoms with Crippen molar-refractivity contribution in [3.8, 4) is 0 Å². The van der Waals surface area contributed by atoms with E-state index >= 15 is 0 Å². The fourth-order valence-corrected chi connectivity index (χ4v) is 3.03. The standard InChI is InChI=1S/C23H21N5O3/c24-21(25)17-9-11-18(12-10-17)27-23(30)20(16-6-2-1-3-7-16)22(29)26-14-15-5-4-8-19(13-15)28-31/h1-13,20H,14H2,(H3,24,25)(H,26,29)(H,27,30). The number of nitrogens with zero attached hydrogens (tertiary/aromatic N) is 1. The first-order valence-electron chi connectivity index (χ1n) is 9.48. The highest BCUT2D eigenvalue weighted by atomic mass is 16.3. The number of anilines is 1. The maximum atomic E-state index is 13.0. The van der Waals surface area contributed by atoms with E-state index in [1.54, 1.807) is 78.9 Å². The Morgan fingerprint density at radius 2 is 1.65 bits per heavy atom. The molecular formula is C23H21N5O3. The van der Waals surface area contributed by atoms with Crippen molar-refractivity contribution in [2.24, 2.45) is 10.9 Å². The number of nitrogens with two attached hydrogens (primary N) is 1. The lowest BCUT2D eigenvalue weighted by Crippen LogP contribution is -2.36. The second-order valence-electron chi connectivity index (χ2n) is 6.80. The van der Waals surface area contributed by atoms with E-state index < -0.39 is 17.7 Å². The first kappa shape index (κ1) is 21.4. The van der Waals surface area contributed by atoms with Crippen LogP contribution in [0.25, 0.3) is 0 Å². The molecule has 0 fully saturated rings. The van der Waals surface area contributed by atoms with Gasteiger partial charge in [0.05, 0.1) is 0 Å². The van der Waals surface area contributed by atoms with Crippen molar-refractivity contribution >= 4 is 29.0 Å². The Morgan fingerprint density at radius 1 is 0.935 bits per heavy atom. The molecule has 31 heavy (non-hydrogen) atoms. The van der Waals surface area contributed by atoms with Gasteiger partial charge in [-0.05, 0) is 52.7 Å². The van der Waals surface area contributed by atoms with Gasteiger partial charge in [-0.1, -0.05) is 42.5 Å². The third-order valence-corrected chi connectivity index (χ3v) is 4.60. The van der Waals surface area contributed by atoms with E-state index in [0.29, 0.717) is 22.4 Å². The molecule has 3 rings (SSSR count). The zero-order chi connectivity index (χ0) is 22.2. The Bertz CT molecular complexity index is 1100. The lowest BCUT2D eigenvalue weighted by Gasteiger charge is -2.17. The van der Waals surface area contributed by atoms with Crippen molar-refractivity contribution in [1.29, 1.82) is 5.41 Å². The van der Waals surface area contributed by atoms with Crippen molar-refractivity contribution in [3.63, 3.8) is 0 Å². The van der Waals surface area contributed by atoms with Crippen molar-refractivity contribution < 1.29 is 9.59 Å². The molecule has 8 nitrogen and oxygen atoms in total. The number of benzene rings is 3. The normalized spacial score (nSPS) is 11.2. The molecule has 0 aromatic heterocycles. The molecule has 5 N–H and O–H groups in total. The number of hydrogen-bond acceptors (Lipinski definition) is 5. The molecule has 1 unspecified atom stereocenters. The van der Waals surface area contributed by atoms with Crippen molar-refractivity contribution in [2.75, 3.05) is 5.32 Å². The highest BCUT2D eigenvalue weighted by Gasteiger charge is 2.28. The van der Waals surface area contributed by atoms with Crippen LogP contribution >= 0.6 is 0 Å². The highest BCUT2D eigenvalue weighted by Crippen LogP contribution is 2.20. The highest BCUT2D eigenvalue weighted by molar-refractivity contribution is 6.11. The van der Waals surface area contributed by atoms with Crippen LogP contribution in [0.2, 0.25) is 0 Å². The number of carbonyl (C=O) groups excluding carboxylic acids is 2. The van der Waals surface area contributed by atoms with E-state index in [2.05, 4.69) is 15.8 Å². The van der Waals surface area contributed by atoms with Crippen molar-refractivity contribution in [1.82, 2.24) is 5.32 Å². The maximum Gasteiger partial charge on any atom is 0.241 e. The number of nitroso groups, excluding NO2 is 1. The smallest absolute Gasteiger partial charge is 0.241 e. The van der Waals surface area contributed by atoms with Crippen LogP contribution < -0.4 is 16.4 Å². The van der Waals surface area contributed by atoms with Crippen molar-refractivity contribution in [3.05, 3.63) is 100 Å². The van der Waals surface area contributed by atoms with Crippen LogP contribution in [-0.4, -0.2) is 17.6 Å². The van der Waals surface area contributed by atoms with Crippen LogP contribution in [0.15, 0.2) is 84.0 Å². The summed E-state index contributed by atoms with van der Waals surface area (Å²) in [4.78, 5) is 36.6. The number of carbonyl (C=O) groups is 2. The molecule has 0 aliphatic rings. The van der Waals surface area contributed by atoms with E-state index in [9.17, 15) is 14.5 Å². The van der Waals surface area contributed by atoms with Gasteiger partial charge in [0.1, 0.15) is 17.4 Å². The van der Waals surface area contributed by atoms with Gasteiger partial charge in [0.25, 0.3) is 0 Å². The lowest BCUT2D eigenvalue weighted by molar-refractivity contribution is -0.129. The summed E-state index contributed by atoms with van der Waals surface area (Å²) in [6.45, 7) is 0.145. The fraction of sp³-hybridized carbons (Fsp3) is 0.0870. The van der Waals surface area contributed by atoms with Gasteiger partial charge in [0, 0.05) is 17.8 Å². The summed E-state index contributed by atoms with van der Waals surface area (Å²) >= 11 is 0. The molecule has 0 saturated heterocycles. The van der Waals surface area contributed by atoms with Crippen LogP contribution in [0.1, 0.15) is 22.6 Å². The van der Waals surface area contributed by atoms with Gasteiger partial charge in [-0.2, -0.15) is 0 Å². The third kappa shape index (κ3) is 5.60. The number of rotatable bonds is 8. The minimum absolute atomic E-state index is 0.0757. The Labute approximate surface area is 179 Å². The minimum atomic E-state index is -1.08. The first-order chi connectivity index (χ1) is 15.0. The third-order valence-electron chi connectivity index (χ3n) is 4.60. The average Bonchev–Trinajstić information content (AvgIpc) is 2.79. The number of amidine groups is 1. The molecule has 156 valence electrons. The molecule has 0 radical (unpaired) electrons. The zero-order valence-corrected chi connectivity index (χ0v) is 16.5. The Hall–Kier alpha value is -4.33. The van der Waals surface area contributed by atoms with Crippen LogP contribution in [-0.2, 0) is 16.1 Å². The van der Waals surface area contributed by atoms with Gasteiger partial charge in [-0.25, -0.2) is 0 Å².